The van der Waals surface area contributed by atoms with Crippen molar-refractivity contribution in [1.29, 1.82) is 0 Å². The van der Waals surface area contributed by atoms with Crippen molar-refractivity contribution in [2.45, 2.75) is 38.3 Å². The number of esters is 1. The average molecular weight is 265 g/mol. The van der Waals surface area contributed by atoms with Crippen LogP contribution in [0.1, 0.15) is 42.7 Å². The van der Waals surface area contributed by atoms with Gasteiger partial charge in [0, 0.05) is 19.2 Å². The predicted octanol–water partition coefficient (Wildman–Crippen LogP) is 1.60. The minimum atomic E-state index is -0.364. The molecule has 1 N–H and O–H groups in total. The molecule has 104 valence electrons. The summed E-state index contributed by atoms with van der Waals surface area (Å²) in [5, 5.41) is 7.67. The number of nitrogens with one attached hydrogen (secondary N) is 1. The van der Waals surface area contributed by atoms with Gasteiger partial charge in [0.25, 0.3) is 0 Å². The van der Waals surface area contributed by atoms with E-state index in [1.807, 2.05) is 4.68 Å². The van der Waals surface area contributed by atoms with Crippen LogP contribution in [-0.2, 0) is 9.47 Å². The van der Waals surface area contributed by atoms with Gasteiger partial charge < -0.3 is 14.8 Å². The molecule has 0 spiro atoms. The summed E-state index contributed by atoms with van der Waals surface area (Å²) in [7, 11) is 0. The number of nitrogens with zero attached hydrogens (tertiary/aromatic N) is 2. The first-order chi connectivity index (χ1) is 9.29. The van der Waals surface area contributed by atoms with Crippen molar-refractivity contribution in [2.24, 2.45) is 0 Å². The first-order valence-electron chi connectivity index (χ1n) is 6.91. The molecule has 1 aromatic heterocycles. The zero-order chi connectivity index (χ0) is 13.2. The molecule has 0 amide bonds. The lowest BCUT2D eigenvalue weighted by atomic mass is 10.0. The first-order valence-corrected chi connectivity index (χ1v) is 6.91. The van der Waals surface area contributed by atoms with Gasteiger partial charge in [-0.25, -0.2) is 9.48 Å². The van der Waals surface area contributed by atoms with E-state index in [0.29, 0.717) is 12.3 Å². The molecule has 0 aromatic carbocycles. The van der Waals surface area contributed by atoms with Crippen LogP contribution >= 0.6 is 0 Å². The van der Waals surface area contributed by atoms with Gasteiger partial charge in [-0.2, -0.15) is 5.10 Å². The lowest BCUT2D eigenvalue weighted by Gasteiger charge is -2.29. The fraction of sp³-hybridized carbons (Fsp3) is 0.692. The number of aromatic nitrogens is 2. The van der Waals surface area contributed by atoms with Crippen LogP contribution in [0.2, 0.25) is 0 Å². The van der Waals surface area contributed by atoms with Crippen LogP contribution in [0.4, 0.5) is 5.82 Å². The van der Waals surface area contributed by atoms with Gasteiger partial charge >= 0.3 is 5.97 Å². The molecule has 2 atom stereocenters. The van der Waals surface area contributed by atoms with Crippen molar-refractivity contribution in [3.05, 3.63) is 11.8 Å². The van der Waals surface area contributed by atoms with Crippen molar-refractivity contribution in [2.75, 3.05) is 25.1 Å². The fourth-order valence-corrected chi connectivity index (χ4v) is 2.80. The average Bonchev–Trinajstić information content (AvgIpc) is 3.07. The second-order valence-electron chi connectivity index (χ2n) is 4.91. The third-order valence-electron chi connectivity index (χ3n) is 3.67. The quantitative estimate of drug-likeness (QED) is 0.841. The summed E-state index contributed by atoms with van der Waals surface area (Å²) in [6, 6.07) is 1.99. The zero-order valence-corrected chi connectivity index (χ0v) is 11.1. The number of ether oxygens (including phenoxy) is 2. The fourth-order valence-electron chi connectivity index (χ4n) is 2.80. The van der Waals surface area contributed by atoms with E-state index in [1.54, 1.807) is 13.0 Å². The van der Waals surface area contributed by atoms with Crippen LogP contribution in [0.15, 0.2) is 6.07 Å². The molecule has 19 heavy (non-hydrogen) atoms. The van der Waals surface area contributed by atoms with E-state index < -0.39 is 0 Å². The summed E-state index contributed by atoms with van der Waals surface area (Å²) < 4.78 is 12.6. The maximum absolute atomic E-state index is 11.7. The Bertz CT molecular complexity index is 466. The summed E-state index contributed by atoms with van der Waals surface area (Å²) >= 11 is 0. The Morgan fingerprint density at radius 2 is 2.53 bits per heavy atom. The number of anilines is 1. The van der Waals surface area contributed by atoms with E-state index in [0.717, 1.165) is 38.2 Å². The molecule has 0 aliphatic carbocycles. The predicted molar refractivity (Wildman–Crippen MR) is 69.3 cm³/mol. The summed E-state index contributed by atoms with van der Waals surface area (Å²) in [6.45, 7) is 3.87. The summed E-state index contributed by atoms with van der Waals surface area (Å²) in [5.74, 6) is 0.520. The first kappa shape index (κ1) is 12.5. The normalized spacial score (nSPS) is 25.7. The minimum absolute atomic E-state index is 0.218. The number of carbonyl (C=O) groups excluding carboxylic acids is 1. The molecule has 2 unspecified atom stereocenters. The summed E-state index contributed by atoms with van der Waals surface area (Å²) in [6.07, 6.45) is 3.37. The Labute approximate surface area is 112 Å². The van der Waals surface area contributed by atoms with Crippen LogP contribution < -0.4 is 5.32 Å². The second-order valence-corrected chi connectivity index (χ2v) is 4.91. The highest BCUT2D eigenvalue weighted by Gasteiger charge is 2.32. The maximum atomic E-state index is 11.7. The molecule has 1 aromatic rings. The van der Waals surface area contributed by atoms with Crippen molar-refractivity contribution < 1.29 is 14.3 Å². The monoisotopic (exact) mass is 265 g/mol. The van der Waals surface area contributed by atoms with Gasteiger partial charge in [-0.3, -0.25) is 0 Å². The molecule has 6 heteroatoms. The van der Waals surface area contributed by atoms with E-state index in [1.165, 1.54) is 0 Å². The number of rotatable bonds is 3. The van der Waals surface area contributed by atoms with E-state index in [-0.39, 0.29) is 18.1 Å². The van der Waals surface area contributed by atoms with Gasteiger partial charge in [-0.15, -0.1) is 0 Å². The summed E-state index contributed by atoms with van der Waals surface area (Å²) in [5.41, 5.74) is 0.370. The molecule has 0 bridgehead atoms. The largest absolute Gasteiger partial charge is 0.461 e. The molecule has 2 aliphatic rings. The van der Waals surface area contributed by atoms with Crippen molar-refractivity contribution >= 4 is 11.8 Å². The molecule has 0 saturated carbocycles. The standard InChI is InChI=1S/C13H19N3O3/c1-2-18-13(17)9-8-12-14-6-5-10(16(12)15-9)11-4-3-7-19-11/h8,10-11,14H,2-7H2,1H3. The van der Waals surface area contributed by atoms with Crippen LogP contribution in [0.25, 0.3) is 0 Å². The van der Waals surface area contributed by atoms with Gasteiger partial charge in [0.05, 0.1) is 18.8 Å². The molecular formula is C13H19N3O3. The van der Waals surface area contributed by atoms with E-state index in [2.05, 4.69) is 10.4 Å². The topological polar surface area (TPSA) is 65.4 Å². The molecule has 1 saturated heterocycles. The Morgan fingerprint density at radius 1 is 1.63 bits per heavy atom. The molecule has 0 radical (unpaired) electrons. The van der Waals surface area contributed by atoms with Crippen molar-refractivity contribution in [3.63, 3.8) is 0 Å². The van der Waals surface area contributed by atoms with E-state index in [9.17, 15) is 4.79 Å². The minimum Gasteiger partial charge on any atom is -0.461 e. The van der Waals surface area contributed by atoms with Crippen LogP contribution in [0.5, 0.6) is 0 Å². The van der Waals surface area contributed by atoms with Gasteiger partial charge in [-0.1, -0.05) is 0 Å². The van der Waals surface area contributed by atoms with Gasteiger partial charge in [0.1, 0.15) is 5.82 Å². The highest BCUT2D eigenvalue weighted by Crippen LogP contribution is 2.32. The second kappa shape index (κ2) is 5.21. The third-order valence-corrected chi connectivity index (χ3v) is 3.67. The highest BCUT2D eigenvalue weighted by atomic mass is 16.5. The van der Waals surface area contributed by atoms with E-state index >= 15 is 0 Å². The van der Waals surface area contributed by atoms with Crippen LogP contribution in [0.3, 0.4) is 0 Å². The Hall–Kier alpha value is -1.56. The smallest absolute Gasteiger partial charge is 0.358 e. The van der Waals surface area contributed by atoms with Gasteiger partial charge in [0.15, 0.2) is 5.69 Å². The van der Waals surface area contributed by atoms with E-state index in [4.69, 9.17) is 9.47 Å². The maximum Gasteiger partial charge on any atom is 0.358 e. The molecule has 1 fully saturated rings. The Kier molecular flexibility index (Phi) is 3.42. The van der Waals surface area contributed by atoms with Crippen LogP contribution in [-0.4, -0.2) is 41.6 Å². The Balaban J connectivity index is 1.85. The highest BCUT2D eigenvalue weighted by molar-refractivity contribution is 5.88. The SMILES string of the molecule is CCOC(=O)c1cc2n(n1)C(C1CCCO1)CCN2. The number of hydrogen-bond donors (Lipinski definition) is 1. The van der Waals surface area contributed by atoms with Crippen molar-refractivity contribution in [1.82, 2.24) is 9.78 Å². The molecule has 3 heterocycles. The molecule has 3 rings (SSSR count). The molecular weight excluding hydrogens is 246 g/mol. The lowest BCUT2D eigenvalue weighted by molar-refractivity contribution is 0.0501. The lowest BCUT2D eigenvalue weighted by Crippen LogP contribution is -2.31. The van der Waals surface area contributed by atoms with Crippen LogP contribution in [0, 0.1) is 0 Å². The van der Waals surface area contributed by atoms with Gasteiger partial charge in [-0.05, 0) is 26.2 Å². The zero-order valence-electron chi connectivity index (χ0n) is 11.1. The van der Waals surface area contributed by atoms with Gasteiger partial charge in [0.2, 0.25) is 0 Å². The molecule has 6 nitrogen and oxygen atoms in total. The number of hydrogen-bond acceptors (Lipinski definition) is 5. The van der Waals surface area contributed by atoms with Crippen molar-refractivity contribution in [3.8, 4) is 0 Å². The third kappa shape index (κ3) is 2.32. The Morgan fingerprint density at radius 3 is 3.26 bits per heavy atom. The summed E-state index contributed by atoms with van der Waals surface area (Å²) in [4.78, 5) is 11.7. The number of carbonyl (C=O) groups is 1. The number of fused-ring (bicyclic) bond motifs is 1. The molecule has 2 aliphatic heterocycles.